The third-order valence-electron chi connectivity index (χ3n) is 3.96. The zero-order valence-corrected chi connectivity index (χ0v) is 16.1. The molecule has 0 radical (unpaired) electrons. The molecule has 0 saturated carbocycles. The van der Waals surface area contributed by atoms with Crippen molar-refractivity contribution < 1.29 is 23.4 Å². The van der Waals surface area contributed by atoms with Crippen LogP contribution in [0.4, 0.5) is 4.39 Å². The van der Waals surface area contributed by atoms with E-state index in [1.807, 2.05) is 13.0 Å². The Bertz CT molecular complexity index is 847. The van der Waals surface area contributed by atoms with Crippen molar-refractivity contribution in [1.82, 2.24) is 5.32 Å². The van der Waals surface area contributed by atoms with Crippen molar-refractivity contribution in [2.45, 2.75) is 26.5 Å². The van der Waals surface area contributed by atoms with Gasteiger partial charge in [0.1, 0.15) is 5.75 Å². The number of rotatable bonds is 9. The van der Waals surface area contributed by atoms with Crippen molar-refractivity contribution in [1.29, 1.82) is 5.26 Å². The molecule has 0 aromatic heterocycles. The minimum absolute atomic E-state index is 0.00499. The van der Waals surface area contributed by atoms with Crippen molar-refractivity contribution >= 4 is 5.91 Å². The fourth-order valence-corrected chi connectivity index (χ4v) is 2.65. The third kappa shape index (κ3) is 5.21. The van der Waals surface area contributed by atoms with Gasteiger partial charge in [-0.15, -0.1) is 0 Å². The zero-order chi connectivity index (χ0) is 20.5. The van der Waals surface area contributed by atoms with E-state index in [9.17, 15) is 9.18 Å². The SMILES string of the molecule is CCOc1cc(OCC)c(F)c(C(OC)C(=O)NCc2ccc(C#N)cc2)c1. The lowest BCUT2D eigenvalue weighted by Gasteiger charge is -2.19. The first-order valence-corrected chi connectivity index (χ1v) is 8.92. The minimum atomic E-state index is -1.17. The molecule has 0 bridgehead atoms. The van der Waals surface area contributed by atoms with E-state index in [2.05, 4.69) is 5.32 Å². The number of nitriles is 1. The third-order valence-corrected chi connectivity index (χ3v) is 3.96. The van der Waals surface area contributed by atoms with Gasteiger partial charge >= 0.3 is 0 Å². The number of amides is 1. The Kier molecular flexibility index (Phi) is 7.78. The van der Waals surface area contributed by atoms with Crippen LogP contribution in [0.3, 0.4) is 0 Å². The summed E-state index contributed by atoms with van der Waals surface area (Å²) in [6.07, 6.45) is -1.17. The van der Waals surface area contributed by atoms with Crippen molar-refractivity contribution in [3.63, 3.8) is 0 Å². The molecule has 0 heterocycles. The molecular formula is C21H23FN2O4. The quantitative estimate of drug-likeness (QED) is 0.713. The summed E-state index contributed by atoms with van der Waals surface area (Å²) in [6.45, 7) is 4.43. The number of carbonyl (C=O) groups is 1. The summed E-state index contributed by atoms with van der Waals surface area (Å²) in [5, 5.41) is 11.6. The molecule has 1 atom stereocenters. The van der Waals surface area contributed by atoms with E-state index in [0.29, 0.717) is 17.9 Å². The molecule has 7 heteroatoms. The smallest absolute Gasteiger partial charge is 0.254 e. The number of nitrogens with zero attached hydrogens (tertiary/aromatic N) is 1. The normalized spacial score (nSPS) is 11.4. The Morgan fingerprint density at radius 2 is 1.86 bits per heavy atom. The maximum atomic E-state index is 14.9. The molecule has 0 aliphatic heterocycles. The topological polar surface area (TPSA) is 80.6 Å². The van der Waals surface area contributed by atoms with Crippen molar-refractivity contribution in [2.75, 3.05) is 20.3 Å². The molecule has 0 spiro atoms. The van der Waals surface area contributed by atoms with Crippen LogP contribution in [0.15, 0.2) is 36.4 Å². The molecule has 2 aromatic carbocycles. The second kappa shape index (κ2) is 10.3. The first kappa shape index (κ1) is 21.2. The number of nitrogens with one attached hydrogen (secondary N) is 1. The fraction of sp³-hybridized carbons (Fsp3) is 0.333. The monoisotopic (exact) mass is 386 g/mol. The molecule has 1 amide bonds. The van der Waals surface area contributed by atoms with Crippen LogP contribution in [-0.2, 0) is 16.1 Å². The summed E-state index contributed by atoms with van der Waals surface area (Å²) in [5.74, 6) is -0.762. The number of hydrogen-bond acceptors (Lipinski definition) is 5. The summed E-state index contributed by atoms with van der Waals surface area (Å²) >= 11 is 0. The van der Waals surface area contributed by atoms with E-state index in [-0.39, 0.29) is 24.5 Å². The Hall–Kier alpha value is -3.11. The van der Waals surface area contributed by atoms with Crippen LogP contribution in [0.2, 0.25) is 0 Å². The standard InChI is InChI=1S/C21H23FN2O4/c1-4-27-16-10-17(19(22)18(11-16)28-5-2)20(26-3)21(25)24-13-15-8-6-14(12-23)7-9-15/h6-11,20H,4-5,13H2,1-3H3,(H,24,25). The predicted molar refractivity (Wildman–Crippen MR) is 101 cm³/mol. The summed E-state index contributed by atoms with van der Waals surface area (Å²) in [7, 11) is 1.33. The van der Waals surface area contributed by atoms with Crippen LogP contribution in [-0.4, -0.2) is 26.2 Å². The lowest BCUT2D eigenvalue weighted by molar-refractivity contribution is -0.131. The van der Waals surface area contributed by atoms with Gasteiger partial charge in [-0.3, -0.25) is 4.79 Å². The number of halogens is 1. The van der Waals surface area contributed by atoms with Gasteiger partial charge < -0.3 is 19.5 Å². The molecule has 148 valence electrons. The first-order chi connectivity index (χ1) is 13.5. The van der Waals surface area contributed by atoms with Crippen molar-refractivity contribution in [2.24, 2.45) is 0 Å². The molecule has 0 aliphatic rings. The van der Waals surface area contributed by atoms with E-state index in [0.717, 1.165) is 5.56 Å². The molecule has 6 nitrogen and oxygen atoms in total. The van der Waals surface area contributed by atoms with Gasteiger partial charge in [0.05, 0.1) is 24.8 Å². The van der Waals surface area contributed by atoms with Gasteiger partial charge in [-0.05, 0) is 37.6 Å². The van der Waals surface area contributed by atoms with E-state index < -0.39 is 17.8 Å². The fourth-order valence-electron chi connectivity index (χ4n) is 2.65. The van der Waals surface area contributed by atoms with E-state index in [1.54, 1.807) is 31.2 Å². The van der Waals surface area contributed by atoms with Crippen LogP contribution < -0.4 is 14.8 Å². The van der Waals surface area contributed by atoms with Gasteiger partial charge in [0.2, 0.25) is 0 Å². The maximum Gasteiger partial charge on any atom is 0.254 e. The molecular weight excluding hydrogens is 363 g/mol. The Morgan fingerprint density at radius 3 is 2.43 bits per heavy atom. The van der Waals surface area contributed by atoms with E-state index in [4.69, 9.17) is 19.5 Å². The molecule has 0 aliphatic carbocycles. The molecule has 2 rings (SSSR count). The Balaban J connectivity index is 2.22. The van der Waals surface area contributed by atoms with E-state index in [1.165, 1.54) is 19.2 Å². The van der Waals surface area contributed by atoms with Crippen LogP contribution in [0.1, 0.15) is 36.6 Å². The summed E-state index contributed by atoms with van der Waals surface area (Å²) in [5.41, 5.74) is 1.37. The highest BCUT2D eigenvalue weighted by atomic mass is 19.1. The van der Waals surface area contributed by atoms with Crippen LogP contribution in [0.5, 0.6) is 11.5 Å². The number of carbonyl (C=O) groups excluding carboxylic acids is 1. The highest BCUT2D eigenvalue weighted by molar-refractivity contribution is 5.82. The Labute approximate surface area is 163 Å². The summed E-state index contributed by atoms with van der Waals surface area (Å²) in [6, 6.07) is 11.7. The molecule has 28 heavy (non-hydrogen) atoms. The first-order valence-electron chi connectivity index (χ1n) is 8.92. The average Bonchev–Trinajstić information content (AvgIpc) is 2.71. The molecule has 1 unspecified atom stereocenters. The maximum absolute atomic E-state index is 14.9. The molecule has 0 fully saturated rings. The van der Waals surface area contributed by atoms with Crippen molar-refractivity contribution in [3.05, 3.63) is 58.9 Å². The zero-order valence-electron chi connectivity index (χ0n) is 16.1. The van der Waals surface area contributed by atoms with Crippen LogP contribution in [0, 0.1) is 17.1 Å². The van der Waals surface area contributed by atoms with Gasteiger partial charge in [-0.25, -0.2) is 4.39 Å². The van der Waals surface area contributed by atoms with Crippen LogP contribution >= 0.6 is 0 Å². The van der Waals surface area contributed by atoms with Crippen molar-refractivity contribution in [3.8, 4) is 17.6 Å². The van der Waals surface area contributed by atoms with Gasteiger partial charge in [-0.2, -0.15) is 5.26 Å². The second-order valence-corrected chi connectivity index (χ2v) is 5.83. The lowest BCUT2D eigenvalue weighted by atomic mass is 10.1. The molecule has 2 aromatic rings. The van der Waals surface area contributed by atoms with Crippen LogP contribution in [0.25, 0.3) is 0 Å². The van der Waals surface area contributed by atoms with E-state index >= 15 is 0 Å². The number of hydrogen-bond donors (Lipinski definition) is 1. The molecule has 0 saturated heterocycles. The van der Waals surface area contributed by atoms with Gasteiger partial charge in [-0.1, -0.05) is 12.1 Å². The second-order valence-electron chi connectivity index (χ2n) is 5.83. The Morgan fingerprint density at radius 1 is 1.18 bits per heavy atom. The molecule has 1 N–H and O–H groups in total. The largest absolute Gasteiger partial charge is 0.494 e. The van der Waals surface area contributed by atoms with Gasteiger partial charge in [0.15, 0.2) is 17.7 Å². The van der Waals surface area contributed by atoms with Gasteiger partial charge in [0, 0.05) is 25.3 Å². The summed E-state index contributed by atoms with van der Waals surface area (Å²) < 4.78 is 30.9. The lowest BCUT2D eigenvalue weighted by Crippen LogP contribution is -2.30. The number of benzene rings is 2. The minimum Gasteiger partial charge on any atom is -0.494 e. The number of methoxy groups -OCH3 is 1. The summed E-state index contributed by atoms with van der Waals surface area (Å²) in [4.78, 5) is 12.6. The average molecular weight is 386 g/mol. The highest BCUT2D eigenvalue weighted by Crippen LogP contribution is 2.32. The predicted octanol–water partition coefficient (Wildman–Crippen LogP) is 3.50. The highest BCUT2D eigenvalue weighted by Gasteiger charge is 2.26. The van der Waals surface area contributed by atoms with Gasteiger partial charge in [0.25, 0.3) is 5.91 Å². The number of ether oxygens (including phenoxy) is 3.